The number of nitrogens with zero attached hydrogens (tertiary/aromatic N) is 1. The van der Waals surface area contributed by atoms with Gasteiger partial charge in [-0.3, -0.25) is 9.59 Å². The van der Waals surface area contributed by atoms with E-state index in [9.17, 15) is 9.59 Å². The molecular weight excluding hydrogens is 538 g/mol. The maximum Gasteiger partial charge on any atom is 0.246 e. The van der Waals surface area contributed by atoms with Crippen LogP contribution in [-0.4, -0.2) is 16.2 Å². The number of carbonyl (C=O) groups excluding carboxylic acids is 2. The molecule has 0 heterocycles. The zero-order chi connectivity index (χ0) is 31.1. The molecular formula is C38H74ClNO2. The van der Waals surface area contributed by atoms with Crippen molar-refractivity contribution in [3.63, 3.8) is 0 Å². The maximum atomic E-state index is 12.7. The molecule has 0 rings (SSSR count). The molecule has 0 aromatic heterocycles. The van der Waals surface area contributed by atoms with Crippen LogP contribution in [0.3, 0.4) is 0 Å². The van der Waals surface area contributed by atoms with E-state index in [0.717, 1.165) is 30.1 Å². The molecule has 3 nitrogen and oxygen atoms in total. The Kier molecular flexibility index (Phi) is 31.4. The van der Waals surface area contributed by atoms with Gasteiger partial charge in [0.25, 0.3) is 0 Å². The van der Waals surface area contributed by atoms with Gasteiger partial charge in [-0.1, -0.05) is 207 Å². The van der Waals surface area contributed by atoms with Crippen molar-refractivity contribution < 1.29 is 9.59 Å². The molecule has 0 aromatic rings. The number of carbonyl (C=O) groups is 2. The molecule has 2 amide bonds. The van der Waals surface area contributed by atoms with Gasteiger partial charge >= 0.3 is 0 Å². The fourth-order valence-electron chi connectivity index (χ4n) is 6.03. The van der Waals surface area contributed by atoms with Gasteiger partial charge in [0.15, 0.2) is 0 Å². The summed E-state index contributed by atoms with van der Waals surface area (Å²) in [5.74, 6) is -0.803. The second-order valence-corrected chi connectivity index (χ2v) is 13.9. The zero-order valence-corrected chi connectivity index (χ0v) is 29.8. The van der Waals surface area contributed by atoms with Crippen LogP contribution < -0.4 is 0 Å². The van der Waals surface area contributed by atoms with E-state index in [1.54, 1.807) is 0 Å². The van der Waals surface area contributed by atoms with Crippen molar-refractivity contribution in [3.8, 4) is 0 Å². The number of unbranched alkanes of at least 4 members (excludes halogenated alkanes) is 26. The van der Waals surface area contributed by atoms with Crippen LogP contribution in [0.1, 0.15) is 220 Å². The fourth-order valence-corrected chi connectivity index (χ4v) is 6.37. The first kappa shape index (κ1) is 41.4. The molecule has 42 heavy (non-hydrogen) atoms. The lowest BCUT2D eigenvalue weighted by molar-refractivity contribution is -0.143. The highest BCUT2D eigenvalue weighted by Crippen LogP contribution is 2.21. The highest BCUT2D eigenvalue weighted by Gasteiger charge is 2.27. The number of rotatable bonds is 32. The predicted molar refractivity (Wildman–Crippen MR) is 186 cm³/mol. The Hall–Kier alpha value is -0.570. The molecule has 4 heteroatoms. The highest BCUT2D eigenvalue weighted by atomic mass is 35.5. The van der Waals surface area contributed by atoms with Crippen molar-refractivity contribution >= 4 is 23.6 Å². The van der Waals surface area contributed by atoms with Gasteiger partial charge in [-0.25, -0.2) is 0 Å². The lowest BCUT2D eigenvalue weighted by Gasteiger charge is -2.20. The van der Waals surface area contributed by atoms with E-state index in [-0.39, 0.29) is 23.7 Å². The SMILES string of the molecule is CCCCCCCCCCCCCCCCC(C)C(=O)N(Cl)C(=O)C(C)CCCCCCCCCCCCCCCC. The van der Waals surface area contributed by atoms with Crippen LogP contribution in [0.4, 0.5) is 0 Å². The fraction of sp³-hybridized carbons (Fsp3) is 0.947. The smallest absolute Gasteiger partial charge is 0.246 e. The average molecular weight is 612 g/mol. The number of amides is 2. The third-order valence-corrected chi connectivity index (χ3v) is 9.54. The van der Waals surface area contributed by atoms with E-state index < -0.39 is 0 Å². The minimum atomic E-state index is -0.218. The van der Waals surface area contributed by atoms with E-state index >= 15 is 0 Å². The molecule has 0 bridgehead atoms. The number of halogens is 1. The summed E-state index contributed by atoms with van der Waals surface area (Å²) in [6.45, 7) is 8.40. The summed E-state index contributed by atoms with van der Waals surface area (Å²) >= 11 is 6.24. The summed E-state index contributed by atoms with van der Waals surface area (Å²) in [5.41, 5.74) is 0. The molecule has 0 radical (unpaired) electrons. The first-order chi connectivity index (χ1) is 20.5. The Morgan fingerprint density at radius 2 is 0.595 bits per heavy atom. The topological polar surface area (TPSA) is 37.4 Å². The van der Waals surface area contributed by atoms with Crippen molar-refractivity contribution in [3.05, 3.63) is 0 Å². The van der Waals surface area contributed by atoms with E-state index in [1.165, 1.54) is 167 Å². The van der Waals surface area contributed by atoms with Crippen LogP contribution in [0.25, 0.3) is 0 Å². The van der Waals surface area contributed by atoms with Crippen molar-refractivity contribution in [2.75, 3.05) is 0 Å². The third kappa shape index (κ3) is 25.9. The van der Waals surface area contributed by atoms with Gasteiger partial charge in [0, 0.05) is 23.6 Å². The number of hydrogen-bond acceptors (Lipinski definition) is 2. The zero-order valence-electron chi connectivity index (χ0n) is 29.0. The summed E-state index contributed by atoms with van der Waals surface area (Å²) in [6, 6.07) is 0. The third-order valence-electron chi connectivity index (χ3n) is 9.21. The maximum absolute atomic E-state index is 12.7. The van der Waals surface area contributed by atoms with Gasteiger partial charge < -0.3 is 0 Å². The van der Waals surface area contributed by atoms with E-state index in [1.807, 2.05) is 13.8 Å². The van der Waals surface area contributed by atoms with Crippen molar-refractivity contribution in [1.82, 2.24) is 4.42 Å². The molecule has 0 aromatic carbocycles. The monoisotopic (exact) mass is 612 g/mol. The normalized spacial score (nSPS) is 12.9. The van der Waals surface area contributed by atoms with Crippen molar-refractivity contribution in [1.29, 1.82) is 0 Å². The van der Waals surface area contributed by atoms with Gasteiger partial charge in [0.1, 0.15) is 0 Å². The van der Waals surface area contributed by atoms with Gasteiger partial charge in [-0.2, -0.15) is 4.42 Å². The molecule has 0 saturated carbocycles. The summed E-state index contributed by atoms with van der Waals surface area (Å²) in [4.78, 5) is 25.5. The van der Waals surface area contributed by atoms with Crippen molar-refractivity contribution in [2.45, 2.75) is 220 Å². The van der Waals surface area contributed by atoms with E-state index in [4.69, 9.17) is 11.8 Å². The van der Waals surface area contributed by atoms with Gasteiger partial charge in [0.2, 0.25) is 11.8 Å². The van der Waals surface area contributed by atoms with Gasteiger partial charge in [0.05, 0.1) is 0 Å². The molecule has 0 aliphatic heterocycles. The van der Waals surface area contributed by atoms with Gasteiger partial charge in [-0.15, -0.1) is 0 Å². The van der Waals surface area contributed by atoms with Crippen LogP contribution in [0.2, 0.25) is 0 Å². The number of imide groups is 1. The molecule has 0 aliphatic carbocycles. The molecule has 0 saturated heterocycles. The van der Waals surface area contributed by atoms with Crippen molar-refractivity contribution in [2.24, 2.45) is 11.8 Å². The Labute approximate surface area is 269 Å². The summed E-state index contributed by atoms with van der Waals surface area (Å²) in [6.07, 6.45) is 38.9. The van der Waals surface area contributed by atoms with Crippen LogP contribution in [-0.2, 0) is 9.59 Å². The minimum absolute atomic E-state index is 0.183. The molecule has 250 valence electrons. The summed E-state index contributed by atoms with van der Waals surface area (Å²) in [7, 11) is 0. The van der Waals surface area contributed by atoms with Crippen LogP contribution in [0.15, 0.2) is 0 Å². The van der Waals surface area contributed by atoms with E-state index in [0.29, 0.717) is 0 Å². The molecule has 2 atom stereocenters. The standard InChI is InChI=1S/C38H74ClNO2/c1-5-7-9-11-13-15-17-19-21-23-25-27-29-31-33-35(3)37(41)40(39)38(42)36(4)34-32-30-28-26-24-22-20-18-16-14-12-10-8-6-2/h35-36H,5-34H2,1-4H3. The molecule has 0 fully saturated rings. The summed E-state index contributed by atoms with van der Waals surface area (Å²) in [5, 5.41) is 0. The molecule has 0 spiro atoms. The van der Waals surface area contributed by atoms with Gasteiger partial charge in [-0.05, 0) is 12.8 Å². The molecule has 2 unspecified atom stereocenters. The lowest BCUT2D eigenvalue weighted by Crippen LogP contribution is -2.36. The quantitative estimate of drug-likeness (QED) is 0.0560. The Morgan fingerprint density at radius 3 is 0.810 bits per heavy atom. The second-order valence-electron chi connectivity index (χ2n) is 13.5. The molecule has 0 N–H and O–H groups in total. The first-order valence-electron chi connectivity index (χ1n) is 19.0. The number of hydrogen-bond donors (Lipinski definition) is 0. The Balaban J connectivity index is 3.68. The minimum Gasteiger partial charge on any atom is -0.273 e. The average Bonchev–Trinajstić information content (AvgIpc) is 2.99. The van der Waals surface area contributed by atoms with Crippen LogP contribution in [0.5, 0.6) is 0 Å². The van der Waals surface area contributed by atoms with E-state index in [2.05, 4.69) is 13.8 Å². The Bertz CT molecular complexity index is 546. The Morgan fingerprint density at radius 1 is 0.405 bits per heavy atom. The predicted octanol–water partition coefficient (Wildman–Crippen LogP) is 13.5. The highest BCUT2D eigenvalue weighted by molar-refractivity contribution is 6.30. The lowest BCUT2D eigenvalue weighted by atomic mass is 9.98. The summed E-state index contributed by atoms with van der Waals surface area (Å²) < 4.78 is 0.906. The van der Waals surface area contributed by atoms with Crippen LogP contribution in [0, 0.1) is 11.8 Å². The second kappa shape index (κ2) is 31.8. The van der Waals surface area contributed by atoms with Crippen LogP contribution >= 0.6 is 11.8 Å². The molecule has 0 aliphatic rings. The largest absolute Gasteiger partial charge is 0.273 e. The first-order valence-corrected chi connectivity index (χ1v) is 19.3.